The number of hydrogen-bond acceptors (Lipinski definition) is 6. The van der Waals surface area contributed by atoms with Gasteiger partial charge in [-0.15, -0.1) is 0 Å². The molecule has 0 aliphatic heterocycles. The summed E-state index contributed by atoms with van der Waals surface area (Å²) in [6, 6.07) is 10.3. The lowest BCUT2D eigenvalue weighted by Crippen LogP contribution is -2.26. The highest BCUT2D eigenvalue weighted by Gasteiger charge is 2.16. The molecule has 0 saturated heterocycles. The van der Waals surface area contributed by atoms with Crippen LogP contribution in [0.3, 0.4) is 0 Å². The van der Waals surface area contributed by atoms with Gasteiger partial charge in [0.2, 0.25) is 0 Å². The van der Waals surface area contributed by atoms with Crippen LogP contribution in [0.2, 0.25) is 5.02 Å². The number of nitro benzene ring substituents is 1. The topological polar surface area (TPSA) is 127 Å². The summed E-state index contributed by atoms with van der Waals surface area (Å²) in [4.78, 5) is 35.9. The summed E-state index contributed by atoms with van der Waals surface area (Å²) in [5, 5.41) is 20.4. The molecule has 0 aliphatic carbocycles. The molecule has 0 bridgehead atoms. The Morgan fingerprint density at radius 1 is 1.30 bits per heavy atom. The molecule has 2 aromatic carbocycles. The average molecular weight is 389 g/mol. The van der Waals surface area contributed by atoms with Gasteiger partial charge in [0.15, 0.2) is 0 Å². The van der Waals surface area contributed by atoms with Gasteiger partial charge in [0.05, 0.1) is 10.6 Å². The van der Waals surface area contributed by atoms with E-state index >= 15 is 0 Å². The molecule has 138 valence electrons. The Bertz CT molecular complexity index is 1060. The zero-order chi connectivity index (χ0) is 19.6. The third kappa shape index (κ3) is 3.85. The van der Waals surface area contributed by atoms with Crippen LogP contribution in [0, 0.1) is 10.1 Å². The summed E-state index contributed by atoms with van der Waals surface area (Å²) >= 11 is 6.08. The van der Waals surface area contributed by atoms with E-state index in [0.29, 0.717) is 21.8 Å². The first kappa shape index (κ1) is 18.3. The van der Waals surface area contributed by atoms with E-state index in [4.69, 9.17) is 11.6 Å². The van der Waals surface area contributed by atoms with Crippen molar-refractivity contribution in [2.24, 2.45) is 0 Å². The van der Waals surface area contributed by atoms with Crippen LogP contribution in [-0.4, -0.2) is 43.0 Å². The van der Waals surface area contributed by atoms with Crippen molar-refractivity contribution in [1.29, 1.82) is 0 Å². The predicted molar refractivity (Wildman–Crippen MR) is 95.9 cm³/mol. The van der Waals surface area contributed by atoms with Gasteiger partial charge in [-0.25, -0.2) is 9.89 Å². The number of tetrazole rings is 1. The van der Waals surface area contributed by atoms with Crippen LogP contribution in [0.25, 0.3) is 5.69 Å². The number of aromatic nitrogens is 4. The van der Waals surface area contributed by atoms with Gasteiger partial charge in [-0.05, 0) is 46.3 Å². The van der Waals surface area contributed by atoms with Crippen molar-refractivity contribution in [2.45, 2.75) is 6.54 Å². The first-order valence-electron chi connectivity index (χ1n) is 7.66. The number of non-ortho nitro benzene ring substituents is 1. The average Bonchev–Trinajstić information content (AvgIpc) is 3.08. The summed E-state index contributed by atoms with van der Waals surface area (Å²) in [6.07, 6.45) is 0. The fraction of sp³-hybridized carbons (Fsp3) is 0.125. The number of carbonyl (C=O) groups is 1. The summed E-state index contributed by atoms with van der Waals surface area (Å²) < 4.78 is 1.06. The zero-order valence-corrected chi connectivity index (χ0v) is 14.8. The minimum atomic E-state index is -0.522. The van der Waals surface area contributed by atoms with E-state index in [1.165, 1.54) is 23.1 Å². The summed E-state index contributed by atoms with van der Waals surface area (Å²) in [5.74, 6) is -0.309. The highest BCUT2D eigenvalue weighted by Crippen LogP contribution is 2.23. The van der Waals surface area contributed by atoms with Gasteiger partial charge in [-0.3, -0.25) is 14.9 Å². The molecule has 3 rings (SSSR count). The van der Waals surface area contributed by atoms with E-state index in [0.717, 1.165) is 4.68 Å². The molecule has 11 heteroatoms. The smallest absolute Gasteiger partial charge is 0.337 e. The van der Waals surface area contributed by atoms with Crippen molar-refractivity contribution < 1.29 is 9.72 Å². The summed E-state index contributed by atoms with van der Waals surface area (Å²) in [7, 11) is 1.56. The van der Waals surface area contributed by atoms with Gasteiger partial charge in [0, 0.05) is 36.3 Å². The Morgan fingerprint density at radius 2 is 2.00 bits per heavy atom. The van der Waals surface area contributed by atoms with Crippen molar-refractivity contribution in [1.82, 2.24) is 25.1 Å². The van der Waals surface area contributed by atoms with Crippen molar-refractivity contribution in [3.05, 3.63) is 79.2 Å². The normalized spacial score (nSPS) is 10.6. The second-order valence-corrected chi connectivity index (χ2v) is 6.07. The number of halogens is 1. The molecule has 1 aromatic heterocycles. The van der Waals surface area contributed by atoms with Gasteiger partial charge in [0.1, 0.15) is 0 Å². The molecule has 0 saturated carbocycles. The van der Waals surface area contributed by atoms with Gasteiger partial charge in [-0.1, -0.05) is 11.6 Å². The largest absolute Gasteiger partial charge is 0.365 e. The Morgan fingerprint density at radius 3 is 2.59 bits per heavy atom. The van der Waals surface area contributed by atoms with E-state index in [-0.39, 0.29) is 18.1 Å². The molecule has 1 amide bonds. The Balaban J connectivity index is 1.78. The second-order valence-electron chi connectivity index (χ2n) is 5.66. The van der Waals surface area contributed by atoms with Crippen molar-refractivity contribution in [3.8, 4) is 5.69 Å². The van der Waals surface area contributed by atoms with E-state index in [2.05, 4.69) is 15.5 Å². The van der Waals surface area contributed by atoms with Crippen LogP contribution in [-0.2, 0) is 6.54 Å². The zero-order valence-electron chi connectivity index (χ0n) is 14.0. The maximum absolute atomic E-state index is 12.6. The number of nitro groups is 1. The van der Waals surface area contributed by atoms with Crippen LogP contribution >= 0.6 is 11.6 Å². The van der Waals surface area contributed by atoms with E-state index in [1.54, 1.807) is 31.3 Å². The molecule has 0 radical (unpaired) electrons. The van der Waals surface area contributed by atoms with E-state index in [1.807, 2.05) is 0 Å². The number of benzene rings is 2. The molecule has 27 heavy (non-hydrogen) atoms. The predicted octanol–water partition coefficient (Wildman–Crippen LogP) is 1.79. The molecular weight excluding hydrogens is 376 g/mol. The van der Waals surface area contributed by atoms with Gasteiger partial charge < -0.3 is 4.90 Å². The number of nitrogens with one attached hydrogen (secondary N) is 1. The molecule has 0 unspecified atom stereocenters. The van der Waals surface area contributed by atoms with Crippen molar-refractivity contribution in [3.63, 3.8) is 0 Å². The Hall–Kier alpha value is -3.53. The van der Waals surface area contributed by atoms with Crippen LogP contribution in [0.15, 0.2) is 47.3 Å². The summed E-state index contributed by atoms with van der Waals surface area (Å²) in [5.41, 5.74) is 0.700. The maximum Gasteiger partial charge on any atom is 0.365 e. The number of hydrogen-bond donors (Lipinski definition) is 1. The van der Waals surface area contributed by atoms with Crippen LogP contribution < -0.4 is 5.69 Å². The monoisotopic (exact) mass is 388 g/mol. The van der Waals surface area contributed by atoms with E-state index in [9.17, 15) is 19.7 Å². The maximum atomic E-state index is 12.6. The number of carbonyl (C=O) groups excluding carboxylic acids is 1. The second kappa shape index (κ2) is 7.38. The molecular formula is C16H13ClN6O4. The lowest BCUT2D eigenvalue weighted by molar-refractivity contribution is -0.384. The van der Waals surface area contributed by atoms with Crippen molar-refractivity contribution >= 4 is 23.2 Å². The highest BCUT2D eigenvalue weighted by molar-refractivity contribution is 6.31. The lowest BCUT2D eigenvalue weighted by atomic mass is 10.1. The lowest BCUT2D eigenvalue weighted by Gasteiger charge is -2.18. The molecule has 0 aliphatic rings. The van der Waals surface area contributed by atoms with Crippen LogP contribution in [0.5, 0.6) is 0 Å². The molecule has 0 atom stereocenters. The fourth-order valence-electron chi connectivity index (χ4n) is 2.46. The first-order valence-corrected chi connectivity index (χ1v) is 8.03. The fourth-order valence-corrected chi connectivity index (χ4v) is 2.63. The number of aromatic amines is 1. The summed E-state index contributed by atoms with van der Waals surface area (Å²) in [6.45, 7) is 0.101. The van der Waals surface area contributed by atoms with Crippen molar-refractivity contribution in [2.75, 3.05) is 7.05 Å². The number of nitrogens with zero attached hydrogens (tertiary/aromatic N) is 5. The Kier molecular flexibility index (Phi) is 4.99. The molecule has 0 spiro atoms. The van der Waals surface area contributed by atoms with Crippen LogP contribution in [0.1, 0.15) is 15.9 Å². The first-order chi connectivity index (χ1) is 12.9. The molecule has 0 fully saturated rings. The molecule has 1 heterocycles. The number of amides is 1. The highest BCUT2D eigenvalue weighted by atomic mass is 35.5. The standard InChI is InChI=1S/C16H13ClN6O4/c1-21(9-11-8-13(23(26)27)6-7-14(11)17)15(24)10-2-4-12(5-3-10)22-16(25)18-19-20-22/h2-8H,9H2,1H3,(H,18,20,25). The quantitative estimate of drug-likeness (QED) is 0.524. The Labute approximate surface area is 157 Å². The molecule has 10 nitrogen and oxygen atoms in total. The molecule has 3 aromatic rings. The van der Waals surface area contributed by atoms with Crippen LogP contribution in [0.4, 0.5) is 5.69 Å². The minimum Gasteiger partial charge on any atom is -0.337 e. The molecule has 1 N–H and O–H groups in total. The minimum absolute atomic E-state index is 0.0994. The van der Waals surface area contributed by atoms with E-state index < -0.39 is 10.6 Å². The van der Waals surface area contributed by atoms with Gasteiger partial charge in [0.25, 0.3) is 11.6 Å². The SMILES string of the molecule is CN(Cc1cc([N+](=O)[O-])ccc1Cl)C(=O)c1ccc(-n2nn[nH]c2=O)cc1. The number of rotatable bonds is 5. The third-order valence-corrected chi connectivity index (χ3v) is 4.19. The number of H-pyrrole nitrogens is 1. The van der Waals surface area contributed by atoms with Gasteiger partial charge >= 0.3 is 5.69 Å². The van der Waals surface area contributed by atoms with Gasteiger partial charge in [-0.2, -0.15) is 4.68 Å². The third-order valence-electron chi connectivity index (χ3n) is 3.83.